The van der Waals surface area contributed by atoms with Gasteiger partial charge in [-0.25, -0.2) is 0 Å². The Kier molecular flexibility index (Phi) is 6.82. The zero-order valence-electron chi connectivity index (χ0n) is 18.4. The number of carbonyl (C=O) groups is 2. The second-order valence-electron chi connectivity index (χ2n) is 7.50. The number of aliphatic hydroxyl groups is 1. The minimum atomic E-state index is -0.878. The van der Waals surface area contributed by atoms with Gasteiger partial charge >= 0.3 is 0 Å². The molecule has 1 aliphatic heterocycles. The first-order valence-electron chi connectivity index (χ1n) is 10.5. The summed E-state index contributed by atoms with van der Waals surface area (Å²) in [7, 11) is 1.45. The van der Waals surface area contributed by atoms with E-state index >= 15 is 0 Å². The van der Waals surface area contributed by atoms with E-state index in [0.29, 0.717) is 45.0 Å². The molecule has 0 saturated carbocycles. The number of methoxy groups -OCH3 is 1. The molecule has 34 heavy (non-hydrogen) atoms. The van der Waals surface area contributed by atoms with Crippen LogP contribution in [0.4, 0.5) is 5.69 Å². The molecule has 3 aromatic carbocycles. The van der Waals surface area contributed by atoms with E-state index in [-0.39, 0.29) is 11.3 Å². The maximum Gasteiger partial charge on any atom is 0.300 e. The van der Waals surface area contributed by atoms with Crippen molar-refractivity contribution in [2.24, 2.45) is 0 Å². The van der Waals surface area contributed by atoms with Crippen LogP contribution in [0.25, 0.3) is 5.76 Å². The number of halogens is 2. The number of nitrogens with zero attached hydrogens (tertiary/aromatic N) is 1. The minimum absolute atomic E-state index is 0.0504. The van der Waals surface area contributed by atoms with E-state index < -0.39 is 17.7 Å². The van der Waals surface area contributed by atoms with Crippen LogP contribution in [0, 0.1) is 0 Å². The molecule has 0 spiro atoms. The van der Waals surface area contributed by atoms with Gasteiger partial charge in [-0.3, -0.25) is 14.5 Å². The van der Waals surface area contributed by atoms with Gasteiger partial charge in [-0.15, -0.1) is 0 Å². The van der Waals surface area contributed by atoms with Gasteiger partial charge in [-0.2, -0.15) is 0 Å². The summed E-state index contributed by atoms with van der Waals surface area (Å²) in [5, 5.41) is 12.1. The van der Waals surface area contributed by atoms with Crippen LogP contribution in [0.1, 0.15) is 24.1 Å². The fourth-order valence-corrected chi connectivity index (χ4v) is 4.21. The quantitative estimate of drug-likeness (QED) is 0.255. The van der Waals surface area contributed by atoms with Crippen molar-refractivity contribution in [1.29, 1.82) is 0 Å². The molecular weight excluding hydrogens is 477 g/mol. The van der Waals surface area contributed by atoms with Crippen molar-refractivity contribution in [3.8, 4) is 11.5 Å². The summed E-state index contributed by atoms with van der Waals surface area (Å²) in [6, 6.07) is 17.4. The smallest absolute Gasteiger partial charge is 0.300 e. The third-order valence-corrected chi connectivity index (χ3v) is 6.04. The summed E-state index contributed by atoms with van der Waals surface area (Å²) in [4.78, 5) is 27.8. The molecule has 3 aromatic rings. The Morgan fingerprint density at radius 2 is 1.68 bits per heavy atom. The highest BCUT2D eigenvalue weighted by atomic mass is 35.5. The van der Waals surface area contributed by atoms with Crippen molar-refractivity contribution >= 4 is 46.3 Å². The highest BCUT2D eigenvalue weighted by Gasteiger charge is 2.47. The van der Waals surface area contributed by atoms with E-state index in [9.17, 15) is 14.7 Å². The van der Waals surface area contributed by atoms with Gasteiger partial charge in [-0.1, -0.05) is 35.3 Å². The Labute approximate surface area is 206 Å². The van der Waals surface area contributed by atoms with Crippen LogP contribution in [0.2, 0.25) is 10.0 Å². The van der Waals surface area contributed by atoms with Crippen molar-refractivity contribution < 1.29 is 24.2 Å². The van der Waals surface area contributed by atoms with Gasteiger partial charge in [0.05, 0.1) is 30.4 Å². The molecule has 0 radical (unpaired) electrons. The average molecular weight is 498 g/mol. The summed E-state index contributed by atoms with van der Waals surface area (Å²) in [6.45, 7) is 2.37. The third kappa shape index (κ3) is 4.34. The van der Waals surface area contributed by atoms with Crippen molar-refractivity contribution in [3.05, 3.63) is 93.5 Å². The molecule has 1 amide bonds. The zero-order valence-corrected chi connectivity index (χ0v) is 19.9. The summed E-state index contributed by atoms with van der Waals surface area (Å²) in [5.74, 6) is -0.929. The Morgan fingerprint density at radius 1 is 1.00 bits per heavy atom. The second-order valence-corrected chi connectivity index (χ2v) is 8.34. The molecule has 4 rings (SSSR count). The minimum Gasteiger partial charge on any atom is -0.507 e. The Hall–Kier alpha value is -3.48. The van der Waals surface area contributed by atoms with E-state index in [2.05, 4.69) is 0 Å². The van der Waals surface area contributed by atoms with Gasteiger partial charge in [-0.05, 0) is 67.1 Å². The fraction of sp³-hybridized carbons (Fsp3) is 0.154. The molecule has 1 heterocycles. The number of ether oxygens (including phenoxy) is 2. The number of hydrogen-bond acceptors (Lipinski definition) is 5. The third-order valence-electron chi connectivity index (χ3n) is 5.48. The van der Waals surface area contributed by atoms with Gasteiger partial charge in [0.25, 0.3) is 11.7 Å². The SMILES string of the molecule is CCOc1ccc(N2C(=O)C(=O)/C(=C(\O)c3ccc(Cl)c(OC)c3)C2c2ccc(Cl)cc2)cc1. The number of rotatable bonds is 6. The van der Waals surface area contributed by atoms with Crippen LogP contribution >= 0.6 is 23.2 Å². The van der Waals surface area contributed by atoms with Gasteiger partial charge in [0.15, 0.2) is 0 Å². The summed E-state index contributed by atoms with van der Waals surface area (Å²) in [5.41, 5.74) is 1.34. The summed E-state index contributed by atoms with van der Waals surface area (Å²) < 4.78 is 10.7. The topological polar surface area (TPSA) is 76.1 Å². The molecule has 0 aliphatic carbocycles. The molecule has 1 atom stereocenters. The number of benzene rings is 3. The van der Waals surface area contributed by atoms with E-state index in [1.165, 1.54) is 18.1 Å². The lowest BCUT2D eigenvalue weighted by molar-refractivity contribution is -0.132. The van der Waals surface area contributed by atoms with E-state index in [1.54, 1.807) is 60.7 Å². The van der Waals surface area contributed by atoms with Crippen LogP contribution in [0.5, 0.6) is 11.5 Å². The summed E-state index contributed by atoms with van der Waals surface area (Å²) >= 11 is 12.2. The van der Waals surface area contributed by atoms with Crippen molar-refractivity contribution in [2.45, 2.75) is 13.0 Å². The lowest BCUT2D eigenvalue weighted by Gasteiger charge is -2.25. The van der Waals surface area contributed by atoms with Crippen LogP contribution in [-0.2, 0) is 9.59 Å². The first-order valence-corrected chi connectivity index (χ1v) is 11.2. The van der Waals surface area contributed by atoms with Crippen LogP contribution in [0.3, 0.4) is 0 Å². The maximum absolute atomic E-state index is 13.2. The monoisotopic (exact) mass is 497 g/mol. The number of amides is 1. The Balaban J connectivity index is 1.89. The molecule has 1 aliphatic rings. The molecule has 1 unspecified atom stereocenters. The standard InChI is InChI=1S/C26H21Cl2NO5/c1-3-34-19-11-9-18(10-12-19)29-23(15-4-7-17(27)8-5-15)22(25(31)26(29)32)24(30)16-6-13-20(28)21(14-16)33-2/h4-14,23,30H,3H2,1-2H3/b24-22-. The van der Waals surface area contributed by atoms with Gasteiger partial charge in [0, 0.05) is 16.3 Å². The predicted molar refractivity (Wildman–Crippen MR) is 132 cm³/mol. The second kappa shape index (κ2) is 9.79. The molecular formula is C26H21Cl2NO5. The predicted octanol–water partition coefficient (Wildman–Crippen LogP) is 6.03. The molecule has 8 heteroatoms. The van der Waals surface area contributed by atoms with Gasteiger partial charge < -0.3 is 14.6 Å². The number of anilines is 1. The number of Topliss-reactive ketones (excluding diaryl/α,β-unsaturated/α-hetero) is 1. The van der Waals surface area contributed by atoms with Crippen LogP contribution < -0.4 is 14.4 Å². The number of aliphatic hydroxyl groups excluding tert-OH is 1. The number of ketones is 1. The fourth-order valence-electron chi connectivity index (χ4n) is 3.89. The van der Waals surface area contributed by atoms with Crippen molar-refractivity contribution in [2.75, 3.05) is 18.6 Å². The highest BCUT2D eigenvalue weighted by molar-refractivity contribution is 6.51. The molecule has 0 aromatic heterocycles. The van der Waals surface area contributed by atoms with E-state index in [1.807, 2.05) is 6.92 Å². The molecule has 1 N–H and O–H groups in total. The lowest BCUT2D eigenvalue weighted by atomic mass is 9.95. The van der Waals surface area contributed by atoms with Crippen molar-refractivity contribution in [3.63, 3.8) is 0 Å². The molecule has 6 nitrogen and oxygen atoms in total. The maximum atomic E-state index is 13.2. The molecule has 174 valence electrons. The van der Waals surface area contributed by atoms with E-state index in [4.69, 9.17) is 32.7 Å². The van der Waals surface area contributed by atoms with Crippen LogP contribution in [-0.4, -0.2) is 30.5 Å². The largest absolute Gasteiger partial charge is 0.507 e. The first kappa shape index (κ1) is 23.7. The Bertz CT molecular complexity index is 1270. The molecule has 0 bridgehead atoms. The average Bonchev–Trinajstić information content (AvgIpc) is 3.10. The Morgan fingerprint density at radius 3 is 2.29 bits per heavy atom. The van der Waals surface area contributed by atoms with Gasteiger partial charge in [0.2, 0.25) is 0 Å². The molecule has 1 saturated heterocycles. The first-order chi connectivity index (χ1) is 16.3. The molecule has 1 fully saturated rings. The van der Waals surface area contributed by atoms with Crippen LogP contribution in [0.15, 0.2) is 72.3 Å². The normalized spacial score (nSPS) is 17.2. The number of carbonyl (C=O) groups excluding carboxylic acids is 2. The highest BCUT2D eigenvalue weighted by Crippen LogP contribution is 2.43. The zero-order chi connectivity index (χ0) is 24.4. The summed E-state index contributed by atoms with van der Waals surface area (Å²) in [6.07, 6.45) is 0. The van der Waals surface area contributed by atoms with Gasteiger partial charge in [0.1, 0.15) is 17.3 Å². The number of hydrogen-bond donors (Lipinski definition) is 1. The van der Waals surface area contributed by atoms with E-state index in [0.717, 1.165) is 0 Å². The lowest BCUT2D eigenvalue weighted by Crippen LogP contribution is -2.29. The van der Waals surface area contributed by atoms with Crippen molar-refractivity contribution in [1.82, 2.24) is 0 Å².